The molecule has 3 aromatic carbocycles. The molecule has 0 aliphatic carbocycles. The van der Waals surface area contributed by atoms with E-state index < -0.39 is 28.5 Å². The minimum absolute atomic E-state index is 0.0691. The minimum atomic E-state index is -4.05. The van der Waals surface area contributed by atoms with Crippen molar-refractivity contribution in [3.05, 3.63) is 95.5 Å². The Labute approximate surface area is 217 Å². The number of halogens is 1. The van der Waals surface area contributed by atoms with Gasteiger partial charge in [-0.2, -0.15) is 0 Å². The van der Waals surface area contributed by atoms with Crippen LogP contribution in [0.4, 0.5) is 5.69 Å². The van der Waals surface area contributed by atoms with Gasteiger partial charge in [-0.1, -0.05) is 67.1 Å². The second-order valence-electron chi connectivity index (χ2n) is 8.28. The summed E-state index contributed by atoms with van der Waals surface area (Å²) in [6.07, 6.45) is 0.751. The Balaban J connectivity index is 1.97. The number of amides is 2. The quantitative estimate of drug-likeness (QED) is 0.398. The van der Waals surface area contributed by atoms with Crippen LogP contribution in [0.3, 0.4) is 0 Å². The lowest BCUT2D eigenvalue weighted by atomic mass is 10.1. The molecule has 0 aliphatic rings. The lowest BCUT2D eigenvalue weighted by molar-refractivity contribution is -0.139. The standard InChI is InChI=1S/C27H30ClN3O4S/c1-3-18-29-27(33)21(2)30(19-22-14-16-23(28)17-15-22)26(32)20-31(24-10-6-4-7-11-24)36(34,35)25-12-8-5-9-13-25/h4-17,21H,3,18-20H2,1-2H3,(H,29,33). The van der Waals surface area contributed by atoms with Gasteiger partial charge in [-0.05, 0) is 55.3 Å². The number of carbonyl (C=O) groups is 2. The van der Waals surface area contributed by atoms with Gasteiger partial charge in [-0.25, -0.2) is 8.42 Å². The van der Waals surface area contributed by atoms with Crippen LogP contribution in [-0.4, -0.2) is 44.3 Å². The van der Waals surface area contributed by atoms with Crippen LogP contribution in [0.1, 0.15) is 25.8 Å². The molecular formula is C27H30ClN3O4S. The number of carbonyl (C=O) groups excluding carboxylic acids is 2. The highest BCUT2D eigenvalue weighted by Gasteiger charge is 2.32. The fraction of sp³-hybridized carbons (Fsp3) is 0.259. The van der Waals surface area contributed by atoms with Gasteiger partial charge in [0.25, 0.3) is 10.0 Å². The highest BCUT2D eigenvalue weighted by atomic mass is 35.5. The third-order valence-corrected chi connectivity index (χ3v) is 7.68. The van der Waals surface area contributed by atoms with Gasteiger partial charge >= 0.3 is 0 Å². The van der Waals surface area contributed by atoms with Crippen molar-refractivity contribution < 1.29 is 18.0 Å². The molecule has 1 unspecified atom stereocenters. The Morgan fingerprint density at radius 3 is 2.08 bits per heavy atom. The third kappa shape index (κ3) is 6.86. The molecule has 1 atom stereocenters. The summed E-state index contributed by atoms with van der Waals surface area (Å²) in [5.74, 6) is -0.816. The predicted molar refractivity (Wildman–Crippen MR) is 142 cm³/mol. The van der Waals surface area contributed by atoms with E-state index in [1.165, 1.54) is 17.0 Å². The van der Waals surface area contributed by atoms with Crippen molar-refractivity contribution in [2.75, 3.05) is 17.4 Å². The van der Waals surface area contributed by atoms with Crippen LogP contribution in [0.15, 0.2) is 89.8 Å². The normalized spacial score (nSPS) is 12.0. The Hall–Kier alpha value is -3.36. The van der Waals surface area contributed by atoms with Crippen molar-refractivity contribution in [3.8, 4) is 0 Å². The first kappa shape index (κ1) is 27.2. The summed E-state index contributed by atoms with van der Waals surface area (Å²) in [5, 5.41) is 3.37. The molecule has 3 aromatic rings. The monoisotopic (exact) mass is 527 g/mol. The summed E-state index contributed by atoms with van der Waals surface area (Å²) < 4.78 is 28.3. The Bertz CT molecular complexity index is 1250. The molecule has 0 saturated heterocycles. The van der Waals surface area contributed by atoms with E-state index in [4.69, 9.17) is 11.6 Å². The van der Waals surface area contributed by atoms with Crippen molar-refractivity contribution in [3.63, 3.8) is 0 Å². The van der Waals surface area contributed by atoms with E-state index in [9.17, 15) is 18.0 Å². The van der Waals surface area contributed by atoms with Crippen LogP contribution >= 0.6 is 11.6 Å². The fourth-order valence-corrected chi connectivity index (χ4v) is 5.17. The molecule has 36 heavy (non-hydrogen) atoms. The average molecular weight is 528 g/mol. The molecule has 7 nitrogen and oxygen atoms in total. The summed E-state index contributed by atoms with van der Waals surface area (Å²) >= 11 is 6.01. The first-order chi connectivity index (χ1) is 17.2. The third-order valence-electron chi connectivity index (χ3n) is 5.64. The van der Waals surface area contributed by atoms with Crippen LogP contribution < -0.4 is 9.62 Å². The van der Waals surface area contributed by atoms with E-state index >= 15 is 0 Å². The van der Waals surface area contributed by atoms with E-state index in [2.05, 4.69) is 5.32 Å². The van der Waals surface area contributed by atoms with Gasteiger partial charge in [-0.15, -0.1) is 0 Å². The van der Waals surface area contributed by atoms with E-state index in [0.717, 1.165) is 16.3 Å². The summed E-state index contributed by atoms with van der Waals surface area (Å²) in [5.41, 5.74) is 1.12. The Kier molecular flexibility index (Phi) is 9.50. The van der Waals surface area contributed by atoms with Gasteiger partial charge in [-0.3, -0.25) is 13.9 Å². The maximum absolute atomic E-state index is 13.7. The maximum atomic E-state index is 13.7. The molecule has 0 spiro atoms. The van der Waals surface area contributed by atoms with Crippen LogP contribution in [-0.2, 0) is 26.2 Å². The number of anilines is 1. The van der Waals surface area contributed by atoms with E-state index in [0.29, 0.717) is 17.3 Å². The Morgan fingerprint density at radius 2 is 1.50 bits per heavy atom. The second-order valence-corrected chi connectivity index (χ2v) is 10.6. The SMILES string of the molecule is CCCNC(=O)C(C)N(Cc1ccc(Cl)cc1)C(=O)CN(c1ccccc1)S(=O)(=O)c1ccccc1. The summed E-state index contributed by atoms with van der Waals surface area (Å²) in [7, 11) is -4.05. The summed E-state index contributed by atoms with van der Waals surface area (Å²) in [6.45, 7) is 3.70. The lowest BCUT2D eigenvalue weighted by Gasteiger charge is -2.32. The number of hydrogen-bond acceptors (Lipinski definition) is 4. The van der Waals surface area contributed by atoms with Crippen molar-refractivity contribution in [1.29, 1.82) is 0 Å². The number of nitrogens with one attached hydrogen (secondary N) is 1. The van der Waals surface area contributed by atoms with Crippen molar-refractivity contribution in [2.24, 2.45) is 0 Å². The molecule has 0 aliphatic heterocycles. The van der Waals surface area contributed by atoms with Gasteiger partial charge in [0.2, 0.25) is 11.8 Å². The van der Waals surface area contributed by atoms with Crippen LogP contribution in [0, 0.1) is 0 Å². The summed E-state index contributed by atoms with van der Waals surface area (Å²) in [4.78, 5) is 28.0. The number of sulfonamides is 1. The zero-order valence-electron chi connectivity index (χ0n) is 20.3. The minimum Gasteiger partial charge on any atom is -0.354 e. The largest absolute Gasteiger partial charge is 0.354 e. The van der Waals surface area contributed by atoms with Gasteiger partial charge in [0.1, 0.15) is 12.6 Å². The Morgan fingerprint density at radius 1 is 0.917 bits per heavy atom. The van der Waals surface area contributed by atoms with Crippen molar-refractivity contribution in [2.45, 2.75) is 37.8 Å². The lowest BCUT2D eigenvalue weighted by Crippen LogP contribution is -2.51. The number of rotatable bonds is 11. The molecule has 0 radical (unpaired) electrons. The molecule has 1 N–H and O–H groups in total. The van der Waals surface area contributed by atoms with Crippen molar-refractivity contribution >= 4 is 39.1 Å². The number of nitrogens with zero attached hydrogens (tertiary/aromatic N) is 2. The number of benzene rings is 3. The van der Waals surface area contributed by atoms with Crippen LogP contribution in [0.5, 0.6) is 0 Å². The second kappa shape index (κ2) is 12.6. The van der Waals surface area contributed by atoms with Crippen LogP contribution in [0.2, 0.25) is 5.02 Å². The first-order valence-corrected chi connectivity index (χ1v) is 13.5. The average Bonchev–Trinajstić information content (AvgIpc) is 2.90. The number of hydrogen-bond donors (Lipinski definition) is 1. The number of para-hydroxylation sites is 1. The molecular weight excluding hydrogens is 498 g/mol. The van der Waals surface area contributed by atoms with E-state index in [1.54, 1.807) is 79.7 Å². The topological polar surface area (TPSA) is 86.8 Å². The molecule has 2 amide bonds. The molecule has 0 saturated carbocycles. The molecule has 0 bridgehead atoms. The molecule has 0 heterocycles. The maximum Gasteiger partial charge on any atom is 0.264 e. The van der Waals surface area contributed by atoms with Gasteiger partial charge in [0.05, 0.1) is 10.6 Å². The summed E-state index contributed by atoms with van der Waals surface area (Å²) in [6, 6.07) is 22.5. The fourth-order valence-electron chi connectivity index (χ4n) is 3.61. The first-order valence-electron chi connectivity index (χ1n) is 11.7. The molecule has 190 valence electrons. The highest BCUT2D eigenvalue weighted by Crippen LogP contribution is 2.24. The van der Waals surface area contributed by atoms with E-state index in [1.807, 2.05) is 6.92 Å². The van der Waals surface area contributed by atoms with E-state index in [-0.39, 0.29) is 17.3 Å². The molecule has 9 heteroatoms. The van der Waals surface area contributed by atoms with Gasteiger partial charge in [0, 0.05) is 18.1 Å². The zero-order valence-corrected chi connectivity index (χ0v) is 21.9. The molecule has 0 aromatic heterocycles. The smallest absolute Gasteiger partial charge is 0.264 e. The predicted octanol–water partition coefficient (Wildman–Crippen LogP) is 4.48. The zero-order chi connectivity index (χ0) is 26.1. The van der Waals surface area contributed by atoms with Gasteiger partial charge < -0.3 is 10.2 Å². The van der Waals surface area contributed by atoms with Gasteiger partial charge in [0.15, 0.2) is 0 Å². The van der Waals surface area contributed by atoms with Crippen molar-refractivity contribution in [1.82, 2.24) is 10.2 Å². The highest BCUT2D eigenvalue weighted by molar-refractivity contribution is 7.92. The molecule has 3 rings (SSSR count). The van der Waals surface area contributed by atoms with Crippen LogP contribution in [0.25, 0.3) is 0 Å². The molecule has 0 fully saturated rings.